The highest BCUT2D eigenvalue weighted by molar-refractivity contribution is 5.26. The van der Waals surface area contributed by atoms with Crippen LogP contribution < -0.4 is 5.73 Å². The molecule has 0 aromatic carbocycles. The summed E-state index contributed by atoms with van der Waals surface area (Å²) >= 11 is 0. The van der Waals surface area contributed by atoms with Gasteiger partial charge in [-0.25, -0.2) is 0 Å². The van der Waals surface area contributed by atoms with Crippen molar-refractivity contribution in [2.45, 2.75) is 19.8 Å². The first-order valence-corrected chi connectivity index (χ1v) is 2.71. The van der Waals surface area contributed by atoms with Gasteiger partial charge in [-0.2, -0.15) is 0 Å². The number of nitrogens with zero attached hydrogens (tertiary/aromatic N) is 1. The molecule has 2 N–H and O–H groups in total. The van der Waals surface area contributed by atoms with E-state index in [0.717, 1.165) is 18.5 Å². The Labute approximate surface area is 50.1 Å². The molecular weight excluding hydrogens is 100 g/mol. The first-order chi connectivity index (χ1) is 3.81. The summed E-state index contributed by atoms with van der Waals surface area (Å²) in [5.74, 6) is 0. The molecule has 0 aromatic rings. The molecule has 0 unspecified atom stereocenters. The van der Waals surface area contributed by atoms with Crippen molar-refractivity contribution < 1.29 is 0 Å². The molecule has 2 heteroatoms. The minimum Gasteiger partial charge on any atom is -0.401 e. The molecule has 0 bridgehead atoms. The fourth-order valence-corrected chi connectivity index (χ4v) is 0.470. The highest BCUT2D eigenvalue weighted by atomic mass is 14.7. The third-order valence-electron chi connectivity index (χ3n) is 0.796. The molecule has 46 valence electrons. The van der Waals surface area contributed by atoms with Crippen molar-refractivity contribution in [3.8, 4) is 0 Å². The zero-order chi connectivity index (χ0) is 6.41. The largest absolute Gasteiger partial charge is 0.401 e. The maximum atomic E-state index is 5.42. The van der Waals surface area contributed by atoms with E-state index < -0.39 is 0 Å². The SMILES string of the molecule is C=N/C=C(\N)CCC. The lowest BCUT2D eigenvalue weighted by molar-refractivity contribution is 0.889. The third-order valence-corrected chi connectivity index (χ3v) is 0.796. The van der Waals surface area contributed by atoms with Gasteiger partial charge in [0.1, 0.15) is 0 Å². The fourth-order valence-electron chi connectivity index (χ4n) is 0.470. The van der Waals surface area contributed by atoms with E-state index >= 15 is 0 Å². The molecule has 0 spiro atoms. The van der Waals surface area contributed by atoms with Crippen LogP contribution in [-0.4, -0.2) is 6.72 Å². The highest BCUT2D eigenvalue weighted by Gasteiger charge is 1.82. The van der Waals surface area contributed by atoms with Gasteiger partial charge in [-0.3, -0.25) is 4.99 Å². The molecule has 0 saturated carbocycles. The number of nitrogens with two attached hydrogens (primary N) is 1. The van der Waals surface area contributed by atoms with Crippen LogP contribution in [-0.2, 0) is 0 Å². The predicted octanol–water partition coefficient (Wildman–Crippen LogP) is 1.29. The lowest BCUT2D eigenvalue weighted by Crippen LogP contribution is -1.94. The summed E-state index contributed by atoms with van der Waals surface area (Å²) in [5, 5.41) is 0. The monoisotopic (exact) mass is 112 g/mol. The van der Waals surface area contributed by atoms with E-state index in [1.165, 1.54) is 0 Å². The van der Waals surface area contributed by atoms with Crippen molar-refractivity contribution in [3.05, 3.63) is 11.9 Å². The highest BCUT2D eigenvalue weighted by Crippen LogP contribution is 1.95. The van der Waals surface area contributed by atoms with Crippen molar-refractivity contribution in [1.82, 2.24) is 0 Å². The Bertz CT molecular complexity index is 94.7. The van der Waals surface area contributed by atoms with Crippen molar-refractivity contribution in [2.24, 2.45) is 10.7 Å². The Hall–Kier alpha value is -0.790. The molecule has 0 heterocycles. The van der Waals surface area contributed by atoms with Crippen LogP contribution >= 0.6 is 0 Å². The Morgan fingerprint density at radius 3 is 2.88 bits per heavy atom. The number of hydrogen-bond donors (Lipinski definition) is 1. The van der Waals surface area contributed by atoms with Gasteiger partial charge in [0.05, 0.1) is 0 Å². The zero-order valence-corrected chi connectivity index (χ0v) is 5.22. The predicted molar refractivity (Wildman–Crippen MR) is 36.7 cm³/mol. The second-order valence-corrected chi connectivity index (χ2v) is 1.64. The van der Waals surface area contributed by atoms with Gasteiger partial charge in [0.2, 0.25) is 0 Å². The van der Waals surface area contributed by atoms with Gasteiger partial charge < -0.3 is 5.73 Å². The van der Waals surface area contributed by atoms with E-state index in [1.54, 1.807) is 6.20 Å². The summed E-state index contributed by atoms with van der Waals surface area (Å²) in [6.07, 6.45) is 3.57. The van der Waals surface area contributed by atoms with Crippen molar-refractivity contribution in [2.75, 3.05) is 0 Å². The maximum absolute atomic E-state index is 5.42. The van der Waals surface area contributed by atoms with Crippen LogP contribution in [0.1, 0.15) is 19.8 Å². The molecule has 2 nitrogen and oxygen atoms in total. The van der Waals surface area contributed by atoms with E-state index in [9.17, 15) is 0 Å². The molecular formula is C6H12N2. The van der Waals surface area contributed by atoms with E-state index in [1.807, 2.05) is 0 Å². The minimum absolute atomic E-state index is 0.808. The Morgan fingerprint density at radius 2 is 2.50 bits per heavy atom. The van der Waals surface area contributed by atoms with Gasteiger partial charge in [-0.1, -0.05) is 13.3 Å². The van der Waals surface area contributed by atoms with Crippen molar-refractivity contribution in [3.63, 3.8) is 0 Å². The first-order valence-electron chi connectivity index (χ1n) is 2.71. The molecule has 8 heavy (non-hydrogen) atoms. The second-order valence-electron chi connectivity index (χ2n) is 1.64. The van der Waals surface area contributed by atoms with Crippen LogP contribution in [0.3, 0.4) is 0 Å². The summed E-state index contributed by atoms with van der Waals surface area (Å²) in [6, 6.07) is 0. The van der Waals surface area contributed by atoms with Crippen LogP contribution in [0.15, 0.2) is 16.9 Å². The summed E-state index contributed by atoms with van der Waals surface area (Å²) < 4.78 is 0. The van der Waals surface area contributed by atoms with Crippen LogP contribution in [0, 0.1) is 0 Å². The van der Waals surface area contributed by atoms with Crippen LogP contribution in [0.4, 0.5) is 0 Å². The summed E-state index contributed by atoms with van der Waals surface area (Å²) in [6.45, 7) is 5.35. The number of allylic oxidation sites excluding steroid dienone is 1. The Morgan fingerprint density at radius 1 is 1.88 bits per heavy atom. The topological polar surface area (TPSA) is 38.4 Å². The fraction of sp³-hybridized carbons (Fsp3) is 0.500. The van der Waals surface area contributed by atoms with E-state index in [2.05, 4.69) is 18.6 Å². The van der Waals surface area contributed by atoms with Gasteiger partial charge >= 0.3 is 0 Å². The normalized spacial score (nSPS) is 11.4. The minimum atomic E-state index is 0.808. The number of rotatable bonds is 3. The summed E-state index contributed by atoms with van der Waals surface area (Å²) in [4.78, 5) is 3.52. The lowest BCUT2D eigenvalue weighted by atomic mass is 10.3. The van der Waals surface area contributed by atoms with Crippen molar-refractivity contribution in [1.29, 1.82) is 0 Å². The quantitative estimate of drug-likeness (QED) is 0.549. The van der Waals surface area contributed by atoms with Crippen LogP contribution in [0.25, 0.3) is 0 Å². The van der Waals surface area contributed by atoms with E-state index in [0.29, 0.717) is 0 Å². The molecule has 0 aromatic heterocycles. The average Bonchev–Trinajstić information content (AvgIpc) is 1.68. The number of hydrogen-bond acceptors (Lipinski definition) is 2. The molecule has 0 aliphatic heterocycles. The van der Waals surface area contributed by atoms with E-state index in [-0.39, 0.29) is 0 Å². The molecule has 0 saturated heterocycles. The average molecular weight is 112 g/mol. The third kappa shape index (κ3) is 3.40. The van der Waals surface area contributed by atoms with Crippen LogP contribution in [0.2, 0.25) is 0 Å². The summed E-state index contributed by atoms with van der Waals surface area (Å²) in [5.41, 5.74) is 6.23. The van der Waals surface area contributed by atoms with Crippen molar-refractivity contribution >= 4 is 6.72 Å². The van der Waals surface area contributed by atoms with Crippen LogP contribution in [0.5, 0.6) is 0 Å². The molecule has 0 rings (SSSR count). The first kappa shape index (κ1) is 7.21. The maximum Gasteiger partial charge on any atom is 0.0448 e. The zero-order valence-electron chi connectivity index (χ0n) is 5.22. The molecule has 0 radical (unpaired) electrons. The molecule has 0 aliphatic rings. The molecule has 0 fully saturated rings. The van der Waals surface area contributed by atoms with Gasteiger partial charge in [0, 0.05) is 11.9 Å². The second kappa shape index (κ2) is 4.37. The standard InChI is InChI=1S/C6H12N2/c1-3-4-6(7)5-8-2/h5H,2-4,7H2,1H3/b6-5-. The molecule has 0 amide bonds. The lowest BCUT2D eigenvalue weighted by Gasteiger charge is -1.91. The molecule has 0 atom stereocenters. The van der Waals surface area contributed by atoms with Gasteiger partial charge in [0.25, 0.3) is 0 Å². The van der Waals surface area contributed by atoms with E-state index in [4.69, 9.17) is 5.73 Å². The molecule has 0 aliphatic carbocycles. The van der Waals surface area contributed by atoms with Gasteiger partial charge in [-0.15, -0.1) is 0 Å². The smallest absolute Gasteiger partial charge is 0.0448 e. The summed E-state index contributed by atoms with van der Waals surface area (Å²) in [7, 11) is 0. The Kier molecular flexibility index (Phi) is 3.94. The van der Waals surface area contributed by atoms with Gasteiger partial charge in [0.15, 0.2) is 0 Å². The van der Waals surface area contributed by atoms with Gasteiger partial charge in [-0.05, 0) is 13.1 Å². The Balaban J connectivity index is 3.44. The number of aliphatic imine (C=N–C) groups is 1.